The molecule has 0 saturated carbocycles. The molecule has 1 aromatic heterocycles. The van der Waals surface area contributed by atoms with Gasteiger partial charge in [-0.15, -0.1) is 0 Å². The van der Waals surface area contributed by atoms with Gasteiger partial charge in [0.05, 0.1) is 5.56 Å². The lowest BCUT2D eigenvalue weighted by atomic mass is 9.87. The van der Waals surface area contributed by atoms with E-state index in [9.17, 15) is 5.26 Å². The first kappa shape index (κ1) is 14.1. The number of rotatable bonds is 2. The van der Waals surface area contributed by atoms with E-state index >= 15 is 0 Å². The molecule has 3 heteroatoms. The van der Waals surface area contributed by atoms with Crippen molar-refractivity contribution in [3.05, 3.63) is 53.2 Å². The average Bonchev–Trinajstić information content (AvgIpc) is 2.38. The third-order valence-electron chi connectivity index (χ3n) is 3.28. The molecule has 3 nitrogen and oxygen atoms in total. The summed E-state index contributed by atoms with van der Waals surface area (Å²) in [4.78, 5) is 4.24. The number of nitrogens with zero attached hydrogens (tertiary/aromatic N) is 2. The Morgan fingerprint density at radius 2 is 1.75 bits per heavy atom. The maximum atomic E-state index is 9.20. The predicted molar refractivity (Wildman–Crippen MR) is 82.1 cm³/mol. The normalized spacial score (nSPS) is 10.9. The monoisotopic (exact) mass is 265 g/mol. The Hall–Kier alpha value is -2.34. The molecule has 102 valence electrons. The van der Waals surface area contributed by atoms with Gasteiger partial charge in [-0.2, -0.15) is 5.26 Å². The molecule has 2 rings (SSSR count). The summed E-state index contributed by atoms with van der Waals surface area (Å²) in [5, 5.41) is 12.4. The lowest BCUT2D eigenvalue weighted by Gasteiger charge is -2.19. The Kier molecular flexibility index (Phi) is 3.76. The average molecular weight is 265 g/mol. The fraction of sp³-hybridized carbons (Fsp3) is 0.294. The number of aryl methyl sites for hydroxylation is 1. The number of nitrogens with one attached hydrogen (secondary N) is 1. The van der Waals surface area contributed by atoms with E-state index in [1.54, 1.807) is 6.20 Å². The molecule has 1 aromatic carbocycles. The zero-order chi connectivity index (χ0) is 14.8. The second-order valence-corrected chi connectivity index (χ2v) is 5.92. The first-order chi connectivity index (χ1) is 9.41. The fourth-order valence-corrected chi connectivity index (χ4v) is 1.98. The van der Waals surface area contributed by atoms with E-state index in [1.807, 2.05) is 25.1 Å². The highest BCUT2D eigenvalue weighted by Crippen LogP contribution is 2.25. The van der Waals surface area contributed by atoms with Crippen LogP contribution in [-0.4, -0.2) is 4.98 Å². The fourth-order valence-electron chi connectivity index (χ4n) is 1.98. The van der Waals surface area contributed by atoms with Crippen molar-refractivity contribution in [1.82, 2.24) is 4.98 Å². The van der Waals surface area contributed by atoms with Crippen molar-refractivity contribution in [2.24, 2.45) is 0 Å². The van der Waals surface area contributed by atoms with Gasteiger partial charge in [-0.3, -0.25) is 0 Å². The molecule has 1 N–H and O–H groups in total. The van der Waals surface area contributed by atoms with Gasteiger partial charge in [0.2, 0.25) is 0 Å². The van der Waals surface area contributed by atoms with Crippen LogP contribution in [0.3, 0.4) is 0 Å². The summed E-state index contributed by atoms with van der Waals surface area (Å²) >= 11 is 0. The van der Waals surface area contributed by atoms with Crippen molar-refractivity contribution in [1.29, 1.82) is 5.26 Å². The molecule has 1 heterocycles. The van der Waals surface area contributed by atoms with Gasteiger partial charge in [0.15, 0.2) is 0 Å². The number of anilines is 2. The van der Waals surface area contributed by atoms with Gasteiger partial charge < -0.3 is 5.32 Å². The van der Waals surface area contributed by atoms with Crippen LogP contribution in [0.4, 0.5) is 11.5 Å². The zero-order valence-electron chi connectivity index (χ0n) is 12.4. The van der Waals surface area contributed by atoms with Crippen LogP contribution in [0, 0.1) is 18.3 Å². The maximum absolute atomic E-state index is 9.20. The molecule has 0 radical (unpaired) electrons. The molecule has 0 aliphatic rings. The number of aromatic nitrogens is 1. The van der Waals surface area contributed by atoms with Gasteiger partial charge in [0, 0.05) is 11.9 Å². The van der Waals surface area contributed by atoms with E-state index in [2.05, 4.69) is 49.3 Å². The standard InChI is InChI=1S/C17H19N3/c1-12-9-10-19-16(15(12)11-18)20-14-7-5-13(6-8-14)17(2,3)4/h5-10H,1-4H3,(H,19,20). The summed E-state index contributed by atoms with van der Waals surface area (Å²) in [6, 6.07) is 12.3. The third kappa shape index (κ3) is 2.97. The van der Waals surface area contributed by atoms with Crippen LogP contribution in [0.1, 0.15) is 37.5 Å². The largest absolute Gasteiger partial charge is 0.339 e. The van der Waals surface area contributed by atoms with Crippen LogP contribution < -0.4 is 5.32 Å². The number of pyridine rings is 1. The Morgan fingerprint density at radius 1 is 1.10 bits per heavy atom. The van der Waals surface area contributed by atoms with Crippen LogP contribution in [0.5, 0.6) is 0 Å². The summed E-state index contributed by atoms with van der Waals surface area (Å²) in [6.45, 7) is 8.47. The van der Waals surface area contributed by atoms with Crippen molar-refractivity contribution in [2.45, 2.75) is 33.1 Å². The second kappa shape index (κ2) is 5.34. The minimum atomic E-state index is 0.137. The summed E-state index contributed by atoms with van der Waals surface area (Å²) < 4.78 is 0. The molecule has 0 atom stereocenters. The van der Waals surface area contributed by atoms with Gasteiger partial charge >= 0.3 is 0 Å². The molecule has 0 aliphatic heterocycles. The summed E-state index contributed by atoms with van der Waals surface area (Å²) in [5.74, 6) is 0.607. The third-order valence-corrected chi connectivity index (χ3v) is 3.28. The van der Waals surface area contributed by atoms with Gasteiger partial charge in [0.25, 0.3) is 0 Å². The van der Waals surface area contributed by atoms with Gasteiger partial charge in [-0.1, -0.05) is 32.9 Å². The Labute approximate surface area is 120 Å². The van der Waals surface area contributed by atoms with Crippen LogP contribution in [0.25, 0.3) is 0 Å². The quantitative estimate of drug-likeness (QED) is 0.880. The molecule has 0 amide bonds. The van der Waals surface area contributed by atoms with E-state index in [-0.39, 0.29) is 5.41 Å². The van der Waals surface area contributed by atoms with Gasteiger partial charge in [-0.05, 0) is 41.7 Å². The van der Waals surface area contributed by atoms with Crippen molar-refractivity contribution in [2.75, 3.05) is 5.32 Å². The van der Waals surface area contributed by atoms with E-state index < -0.39 is 0 Å². The van der Waals surface area contributed by atoms with E-state index in [1.165, 1.54) is 5.56 Å². The molecule has 0 spiro atoms. The predicted octanol–water partition coefficient (Wildman–Crippen LogP) is 4.30. The molecule has 0 fully saturated rings. The number of benzene rings is 1. The van der Waals surface area contributed by atoms with Gasteiger partial charge in [0.1, 0.15) is 11.9 Å². The Morgan fingerprint density at radius 3 is 2.30 bits per heavy atom. The Balaban J connectivity index is 2.28. The highest BCUT2D eigenvalue weighted by atomic mass is 15.0. The molecule has 2 aromatic rings. The van der Waals surface area contributed by atoms with Crippen LogP contribution in [-0.2, 0) is 5.41 Å². The molecule has 0 saturated heterocycles. The van der Waals surface area contributed by atoms with E-state index in [0.717, 1.165) is 11.3 Å². The summed E-state index contributed by atoms with van der Waals surface area (Å²) in [6.07, 6.45) is 1.71. The van der Waals surface area contributed by atoms with Gasteiger partial charge in [-0.25, -0.2) is 4.98 Å². The highest BCUT2D eigenvalue weighted by Gasteiger charge is 2.13. The second-order valence-electron chi connectivity index (χ2n) is 5.92. The summed E-state index contributed by atoms with van der Waals surface area (Å²) in [5.41, 5.74) is 3.87. The van der Waals surface area contributed by atoms with E-state index in [0.29, 0.717) is 11.4 Å². The highest BCUT2D eigenvalue weighted by molar-refractivity contribution is 5.64. The smallest absolute Gasteiger partial charge is 0.148 e. The van der Waals surface area contributed by atoms with Crippen LogP contribution in [0.2, 0.25) is 0 Å². The number of nitriles is 1. The first-order valence-corrected chi connectivity index (χ1v) is 6.65. The van der Waals surface area contributed by atoms with Crippen molar-refractivity contribution in [3.63, 3.8) is 0 Å². The molecule has 20 heavy (non-hydrogen) atoms. The van der Waals surface area contributed by atoms with Crippen molar-refractivity contribution < 1.29 is 0 Å². The van der Waals surface area contributed by atoms with Crippen LogP contribution in [0.15, 0.2) is 36.5 Å². The SMILES string of the molecule is Cc1ccnc(Nc2ccc(C(C)(C)C)cc2)c1C#N. The molecule has 0 bridgehead atoms. The maximum Gasteiger partial charge on any atom is 0.148 e. The van der Waals surface area contributed by atoms with E-state index in [4.69, 9.17) is 0 Å². The minimum absolute atomic E-state index is 0.137. The van der Waals surface area contributed by atoms with Crippen molar-refractivity contribution >= 4 is 11.5 Å². The number of hydrogen-bond donors (Lipinski definition) is 1. The first-order valence-electron chi connectivity index (χ1n) is 6.65. The topological polar surface area (TPSA) is 48.7 Å². The van der Waals surface area contributed by atoms with Crippen molar-refractivity contribution in [3.8, 4) is 6.07 Å². The lowest BCUT2D eigenvalue weighted by molar-refractivity contribution is 0.590. The molecule has 0 unspecified atom stereocenters. The lowest BCUT2D eigenvalue weighted by Crippen LogP contribution is -2.10. The summed E-state index contributed by atoms with van der Waals surface area (Å²) in [7, 11) is 0. The number of hydrogen-bond acceptors (Lipinski definition) is 3. The van der Waals surface area contributed by atoms with Crippen LogP contribution >= 0.6 is 0 Å². The molecule has 0 aliphatic carbocycles. The molecular formula is C17H19N3. The minimum Gasteiger partial charge on any atom is -0.339 e. The molecular weight excluding hydrogens is 246 g/mol. The zero-order valence-corrected chi connectivity index (χ0v) is 12.4. The Bertz CT molecular complexity index is 643.